The van der Waals surface area contributed by atoms with Crippen LogP contribution in [0.25, 0.3) is 0 Å². The number of nitrogens with zero attached hydrogens (tertiary/aromatic N) is 2. The van der Waals surface area contributed by atoms with E-state index in [4.69, 9.17) is 0 Å². The Morgan fingerprint density at radius 3 is 2.72 bits per heavy atom. The lowest BCUT2D eigenvalue weighted by atomic mass is 9.97. The fraction of sp³-hybridized carbons (Fsp3) is 0.545. The van der Waals surface area contributed by atoms with Crippen LogP contribution in [0.2, 0.25) is 0 Å². The monoisotopic (exact) mass is 251 g/mol. The summed E-state index contributed by atoms with van der Waals surface area (Å²) < 4.78 is 0. The molecular formula is C11H17N5O2. The Balaban J connectivity index is 2.04. The van der Waals surface area contributed by atoms with Crippen molar-refractivity contribution in [3.63, 3.8) is 0 Å². The molecule has 1 aromatic rings. The molecule has 1 saturated heterocycles. The zero-order chi connectivity index (χ0) is 13.1. The highest BCUT2D eigenvalue weighted by atomic mass is 16.6. The molecule has 0 saturated carbocycles. The average molecular weight is 251 g/mol. The van der Waals surface area contributed by atoms with E-state index in [-0.39, 0.29) is 5.69 Å². The predicted molar refractivity (Wildman–Crippen MR) is 68.1 cm³/mol. The summed E-state index contributed by atoms with van der Waals surface area (Å²) in [4.78, 5) is 14.4. The molecular weight excluding hydrogens is 234 g/mol. The van der Waals surface area contributed by atoms with Gasteiger partial charge in [0, 0.05) is 36.8 Å². The molecule has 2 rings (SSSR count). The van der Waals surface area contributed by atoms with Crippen LogP contribution in [0, 0.1) is 16.0 Å². The molecule has 2 unspecified atom stereocenters. The number of hydrogen-bond acceptors (Lipinski definition) is 6. The third-order valence-corrected chi connectivity index (χ3v) is 3.31. The third-order valence-electron chi connectivity index (χ3n) is 3.31. The van der Waals surface area contributed by atoms with Crippen molar-refractivity contribution in [1.29, 1.82) is 0 Å². The quantitative estimate of drug-likeness (QED) is 0.544. The predicted octanol–water partition coefficient (Wildman–Crippen LogP) is 0.903. The maximum atomic E-state index is 10.8. The van der Waals surface area contributed by atoms with Crippen LogP contribution in [0.15, 0.2) is 18.3 Å². The zero-order valence-corrected chi connectivity index (χ0v) is 10.4. The van der Waals surface area contributed by atoms with Gasteiger partial charge in [-0.3, -0.25) is 21.0 Å². The molecule has 0 bridgehead atoms. The fourth-order valence-corrected chi connectivity index (χ4v) is 2.16. The Bertz CT molecular complexity index is 429. The summed E-state index contributed by atoms with van der Waals surface area (Å²) >= 11 is 0. The lowest BCUT2D eigenvalue weighted by Crippen LogP contribution is -2.30. The lowest BCUT2D eigenvalue weighted by Gasteiger charge is -2.18. The molecule has 3 N–H and O–H groups in total. The van der Waals surface area contributed by atoms with Crippen LogP contribution >= 0.6 is 0 Å². The highest BCUT2D eigenvalue weighted by Crippen LogP contribution is 2.22. The SMILES string of the molecule is CC1NNC(C)C1CNc1ncccc1[N+](=O)[O-]. The van der Waals surface area contributed by atoms with E-state index >= 15 is 0 Å². The van der Waals surface area contributed by atoms with Crippen LogP contribution in [0.4, 0.5) is 11.5 Å². The Morgan fingerprint density at radius 1 is 1.44 bits per heavy atom. The Morgan fingerprint density at radius 2 is 2.11 bits per heavy atom. The minimum absolute atomic E-state index is 0.0109. The van der Waals surface area contributed by atoms with Crippen LogP contribution in [0.3, 0.4) is 0 Å². The smallest absolute Gasteiger partial charge is 0.311 e. The Labute approximate surface area is 105 Å². The first-order chi connectivity index (χ1) is 8.59. The van der Waals surface area contributed by atoms with E-state index in [1.54, 1.807) is 12.3 Å². The lowest BCUT2D eigenvalue weighted by molar-refractivity contribution is -0.384. The number of pyridine rings is 1. The summed E-state index contributed by atoms with van der Waals surface area (Å²) in [5, 5.41) is 13.9. The molecule has 0 radical (unpaired) electrons. The number of hydrazine groups is 1. The van der Waals surface area contributed by atoms with Crippen molar-refractivity contribution in [3.05, 3.63) is 28.4 Å². The van der Waals surface area contributed by atoms with Crippen molar-refractivity contribution in [3.8, 4) is 0 Å². The number of hydrogen-bond donors (Lipinski definition) is 3. The molecule has 98 valence electrons. The summed E-state index contributed by atoms with van der Waals surface area (Å²) in [6, 6.07) is 3.64. The first-order valence-corrected chi connectivity index (χ1v) is 5.94. The van der Waals surface area contributed by atoms with Gasteiger partial charge in [-0.25, -0.2) is 4.98 Å². The second kappa shape index (κ2) is 5.28. The molecule has 1 fully saturated rings. The Hall–Kier alpha value is -1.73. The third kappa shape index (κ3) is 2.57. The molecule has 2 heterocycles. The average Bonchev–Trinajstić information content (AvgIpc) is 2.67. The summed E-state index contributed by atoms with van der Waals surface area (Å²) in [5.74, 6) is 0.681. The second-order valence-electron chi connectivity index (χ2n) is 4.54. The number of anilines is 1. The Kier molecular flexibility index (Phi) is 3.73. The normalized spacial score (nSPS) is 27.1. The maximum Gasteiger partial charge on any atom is 0.311 e. The molecule has 18 heavy (non-hydrogen) atoms. The molecule has 7 heteroatoms. The molecule has 2 atom stereocenters. The van der Waals surface area contributed by atoms with Crippen LogP contribution < -0.4 is 16.2 Å². The van der Waals surface area contributed by atoms with Crippen molar-refractivity contribution in [1.82, 2.24) is 15.8 Å². The van der Waals surface area contributed by atoms with E-state index in [0.29, 0.717) is 30.4 Å². The van der Waals surface area contributed by atoms with Crippen LogP contribution in [0.5, 0.6) is 0 Å². The van der Waals surface area contributed by atoms with Gasteiger partial charge in [0.1, 0.15) is 0 Å². The largest absolute Gasteiger partial charge is 0.364 e. The molecule has 0 aromatic carbocycles. The molecule has 0 amide bonds. The number of rotatable bonds is 4. The standard InChI is InChI=1S/C11H17N5O2/c1-7-9(8(2)15-14-7)6-13-11-10(16(17)18)4-3-5-12-11/h3-5,7-9,14-15H,6H2,1-2H3,(H,12,13). The maximum absolute atomic E-state index is 10.8. The summed E-state index contributed by atoms with van der Waals surface area (Å²) in [6.07, 6.45) is 1.55. The molecule has 1 aliphatic heterocycles. The summed E-state index contributed by atoms with van der Waals surface area (Å²) in [7, 11) is 0. The number of nitrogens with one attached hydrogen (secondary N) is 3. The zero-order valence-electron chi connectivity index (χ0n) is 10.4. The molecule has 0 aliphatic carbocycles. The van der Waals surface area contributed by atoms with Crippen molar-refractivity contribution in [2.45, 2.75) is 25.9 Å². The van der Waals surface area contributed by atoms with Gasteiger partial charge < -0.3 is 5.32 Å². The first kappa shape index (κ1) is 12.7. The number of nitro groups is 1. The van der Waals surface area contributed by atoms with E-state index in [2.05, 4.69) is 35.0 Å². The van der Waals surface area contributed by atoms with E-state index < -0.39 is 4.92 Å². The van der Waals surface area contributed by atoms with Gasteiger partial charge in [0.15, 0.2) is 0 Å². The van der Waals surface area contributed by atoms with Gasteiger partial charge in [0.2, 0.25) is 5.82 Å². The van der Waals surface area contributed by atoms with Gasteiger partial charge in [-0.1, -0.05) is 0 Å². The fourth-order valence-electron chi connectivity index (χ4n) is 2.16. The molecule has 1 aliphatic rings. The van der Waals surface area contributed by atoms with Crippen molar-refractivity contribution in [2.75, 3.05) is 11.9 Å². The van der Waals surface area contributed by atoms with Crippen molar-refractivity contribution in [2.24, 2.45) is 5.92 Å². The van der Waals surface area contributed by atoms with Gasteiger partial charge in [-0.05, 0) is 19.9 Å². The molecule has 0 spiro atoms. The van der Waals surface area contributed by atoms with Gasteiger partial charge in [0.25, 0.3) is 0 Å². The van der Waals surface area contributed by atoms with Crippen molar-refractivity contribution >= 4 is 11.5 Å². The van der Waals surface area contributed by atoms with Gasteiger partial charge in [-0.15, -0.1) is 0 Å². The van der Waals surface area contributed by atoms with E-state index in [1.165, 1.54) is 6.07 Å². The summed E-state index contributed by atoms with van der Waals surface area (Å²) in [5.41, 5.74) is 6.31. The summed E-state index contributed by atoms with van der Waals surface area (Å²) in [6.45, 7) is 4.80. The van der Waals surface area contributed by atoms with E-state index in [0.717, 1.165) is 0 Å². The van der Waals surface area contributed by atoms with E-state index in [1.807, 2.05) is 0 Å². The highest BCUT2D eigenvalue weighted by molar-refractivity contribution is 5.55. The van der Waals surface area contributed by atoms with Gasteiger partial charge in [-0.2, -0.15) is 0 Å². The second-order valence-corrected chi connectivity index (χ2v) is 4.54. The number of aromatic nitrogens is 1. The van der Waals surface area contributed by atoms with Crippen molar-refractivity contribution < 1.29 is 4.92 Å². The minimum Gasteiger partial charge on any atom is -0.364 e. The minimum atomic E-state index is -0.423. The van der Waals surface area contributed by atoms with E-state index in [9.17, 15) is 10.1 Å². The first-order valence-electron chi connectivity index (χ1n) is 5.94. The van der Waals surface area contributed by atoms with Crippen LogP contribution in [0.1, 0.15) is 13.8 Å². The topological polar surface area (TPSA) is 92.1 Å². The van der Waals surface area contributed by atoms with Crippen LogP contribution in [-0.4, -0.2) is 28.5 Å². The van der Waals surface area contributed by atoms with Gasteiger partial charge in [0.05, 0.1) is 4.92 Å². The molecule has 7 nitrogen and oxygen atoms in total. The molecule has 1 aromatic heterocycles. The highest BCUT2D eigenvalue weighted by Gasteiger charge is 2.30. The van der Waals surface area contributed by atoms with Crippen LogP contribution in [-0.2, 0) is 0 Å². The van der Waals surface area contributed by atoms with Gasteiger partial charge >= 0.3 is 5.69 Å².